The summed E-state index contributed by atoms with van der Waals surface area (Å²) in [6.07, 6.45) is 2.13. The highest BCUT2D eigenvalue weighted by atomic mass is 32.2. The van der Waals surface area contributed by atoms with E-state index >= 15 is 0 Å². The van der Waals surface area contributed by atoms with Gasteiger partial charge in [-0.2, -0.15) is 0 Å². The van der Waals surface area contributed by atoms with Gasteiger partial charge in [0.25, 0.3) is 10.0 Å². The summed E-state index contributed by atoms with van der Waals surface area (Å²) in [6, 6.07) is -0.401. The number of fused-ring (bicyclic) bond motifs is 1. The third-order valence-electron chi connectivity index (χ3n) is 3.37. The van der Waals surface area contributed by atoms with Gasteiger partial charge in [0.05, 0.1) is 11.5 Å². The number of nitrogens with zero attached hydrogens (tertiary/aromatic N) is 2. The van der Waals surface area contributed by atoms with Crippen molar-refractivity contribution in [2.45, 2.75) is 23.9 Å². The lowest BCUT2D eigenvalue weighted by molar-refractivity contribution is 0.503. The number of hydrogen-bond donors (Lipinski definition) is 2. The summed E-state index contributed by atoms with van der Waals surface area (Å²) in [5.74, 6) is -0.0657. The quantitative estimate of drug-likeness (QED) is 0.792. The minimum atomic E-state index is -3.84. The van der Waals surface area contributed by atoms with Gasteiger partial charge in [0, 0.05) is 17.6 Å². The molecule has 1 fully saturated rings. The summed E-state index contributed by atoms with van der Waals surface area (Å²) in [7, 11) is -6.88. The second-order valence-corrected chi connectivity index (χ2v) is 9.71. The second kappa shape index (κ2) is 4.93. The van der Waals surface area contributed by atoms with Crippen LogP contribution in [-0.2, 0) is 19.9 Å². The molecular formula is C10H14N4O4S3. The van der Waals surface area contributed by atoms with E-state index in [2.05, 4.69) is 9.71 Å². The molecule has 0 aliphatic carbocycles. The highest BCUT2D eigenvalue weighted by molar-refractivity contribution is 7.91. The Bertz CT molecular complexity index is 867. The Labute approximate surface area is 126 Å². The van der Waals surface area contributed by atoms with Gasteiger partial charge < -0.3 is 5.73 Å². The molecule has 3 heterocycles. The molecule has 0 radical (unpaired) electrons. The molecule has 3 N–H and O–H groups in total. The largest absolute Gasteiger partial charge is 0.381 e. The van der Waals surface area contributed by atoms with Gasteiger partial charge in [0.1, 0.15) is 9.84 Å². The predicted octanol–water partition coefficient (Wildman–Crippen LogP) is -0.167. The van der Waals surface area contributed by atoms with E-state index in [1.165, 1.54) is 15.7 Å². The summed E-state index contributed by atoms with van der Waals surface area (Å²) in [6.45, 7) is 0. The van der Waals surface area contributed by atoms with Gasteiger partial charge in [-0.1, -0.05) is 0 Å². The highest BCUT2D eigenvalue weighted by Crippen LogP contribution is 2.24. The fourth-order valence-corrected chi connectivity index (χ4v) is 6.12. The molecule has 11 heteroatoms. The molecule has 0 bridgehead atoms. The number of imidazole rings is 1. The molecule has 0 atom stereocenters. The third kappa shape index (κ3) is 2.78. The fourth-order valence-electron chi connectivity index (χ4n) is 2.33. The first kappa shape index (κ1) is 14.8. The summed E-state index contributed by atoms with van der Waals surface area (Å²) in [4.78, 5) is 4.50. The van der Waals surface area contributed by atoms with Crippen LogP contribution in [0.2, 0.25) is 0 Å². The maximum Gasteiger partial charge on any atom is 0.260 e. The second-order valence-electron chi connectivity index (χ2n) is 4.91. The first-order chi connectivity index (χ1) is 9.78. The van der Waals surface area contributed by atoms with Crippen LogP contribution in [0.15, 0.2) is 16.6 Å². The Hall–Kier alpha value is -1.17. The molecule has 1 aliphatic heterocycles. The number of nitrogens with one attached hydrogen (secondary N) is 1. The lowest BCUT2D eigenvalue weighted by atomic mass is 10.2. The molecule has 0 saturated carbocycles. The van der Waals surface area contributed by atoms with Crippen LogP contribution in [0.1, 0.15) is 12.8 Å². The molecule has 2 aromatic heterocycles. The fraction of sp³-hybridized carbons (Fsp3) is 0.500. The molecule has 116 valence electrons. The monoisotopic (exact) mass is 350 g/mol. The van der Waals surface area contributed by atoms with E-state index in [4.69, 9.17) is 5.73 Å². The summed E-state index contributed by atoms with van der Waals surface area (Å²) < 4.78 is 51.6. The topological polar surface area (TPSA) is 124 Å². The van der Waals surface area contributed by atoms with Crippen molar-refractivity contribution in [2.24, 2.45) is 0 Å². The first-order valence-electron chi connectivity index (χ1n) is 6.22. The van der Waals surface area contributed by atoms with E-state index in [1.54, 1.807) is 11.6 Å². The first-order valence-corrected chi connectivity index (χ1v) is 10.4. The van der Waals surface area contributed by atoms with Crippen LogP contribution in [0.25, 0.3) is 4.96 Å². The van der Waals surface area contributed by atoms with Gasteiger partial charge in [-0.15, -0.1) is 11.3 Å². The number of hydrogen-bond acceptors (Lipinski definition) is 7. The summed E-state index contributed by atoms with van der Waals surface area (Å²) in [5, 5.41) is 1.63. The number of nitrogen functional groups attached to an aromatic ring is 1. The Kier molecular flexibility index (Phi) is 3.47. The number of sulfonamides is 1. The lowest BCUT2D eigenvalue weighted by Crippen LogP contribution is -2.41. The molecule has 1 aliphatic rings. The van der Waals surface area contributed by atoms with Gasteiger partial charge in [-0.3, -0.25) is 4.40 Å². The summed E-state index contributed by atoms with van der Waals surface area (Å²) >= 11 is 1.28. The smallest absolute Gasteiger partial charge is 0.260 e. The SMILES string of the molecule is Nc1nc2sccn2c1S(=O)(=O)NC1CCS(=O)(=O)CC1. The number of rotatable bonds is 3. The van der Waals surface area contributed by atoms with Gasteiger partial charge in [-0.25, -0.2) is 26.5 Å². The van der Waals surface area contributed by atoms with Crippen LogP contribution in [0.5, 0.6) is 0 Å². The van der Waals surface area contributed by atoms with Crippen molar-refractivity contribution < 1.29 is 16.8 Å². The molecule has 21 heavy (non-hydrogen) atoms. The number of aromatic nitrogens is 2. The Morgan fingerprint density at radius 3 is 2.71 bits per heavy atom. The van der Waals surface area contributed by atoms with Crippen LogP contribution in [0, 0.1) is 0 Å². The zero-order chi connectivity index (χ0) is 15.3. The predicted molar refractivity (Wildman–Crippen MR) is 79.5 cm³/mol. The zero-order valence-corrected chi connectivity index (χ0v) is 13.3. The number of nitrogens with two attached hydrogens (primary N) is 1. The zero-order valence-electron chi connectivity index (χ0n) is 10.9. The minimum Gasteiger partial charge on any atom is -0.381 e. The Balaban J connectivity index is 1.88. The molecule has 0 unspecified atom stereocenters. The highest BCUT2D eigenvalue weighted by Gasteiger charge is 2.30. The lowest BCUT2D eigenvalue weighted by Gasteiger charge is -2.22. The number of sulfone groups is 1. The average molecular weight is 350 g/mol. The van der Waals surface area contributed by atoms with Crippen molar-refractivity contribution in [3.8, 4) is 0 Å². The van der Waals surface area contributed by atoms with Crippen molar-refractivity contribution >= 4 is 42.0 Å². The van der Waals surface area contributed by atoms with Gasteiger partial charge >= 0.3 is 0 Å². The molecule has 8 nitrogen and oxygen atoms in total. The van der Waals surface area contributed by atoms with Crippen LogP contribution < -0.4 is 10.5 Å². The van der Waals surface area contributed by atoms with Crippen LogP contribution in [0.4, 0.5) is 5.82 Å². The molecule has 0 amide bonds. The molecule has 1 saturated heterocycles. The van der Waals surface area contributed by atoms with E-state index < -0.39 is 25.9 Å². The molecule has 0 spiro atoms. The minimum absolute atomic E-state index is 0.00403. The Morgan fingerprint density at radius 2 is 2.05 bits per heavy atom. The third-order valence-corrected chi connectivity index (χ3v) is 7.41. The van der Waals surface area contributed by atoms with E-state index in [9.17, 15) is 16.8 Å². The van der Waals surface area contributed by atoms with Crippen LogP contribution in [-0.4, -0.2) is 43.8 Å². The molecule has 3 rings (SSSR count). The normalized spacial score (nSPS) is 20.0. The van der Waals surface area contributed by atoms with E-state index in [-0.39, 0.29) is 35.2 Å². The average Bonchev–Trinajstić information content (AvgIpc) is 2.91. The van der Waals surface area contributed by atoms with Crippen molar-refractivity contribution in [3.05, 3.63) is 11.6 Å². The van der Waals surface area contributed by atoms with Gasteiger partial charge in [0.2, 0.25) is 0 Å². The molecular weight excluding hydrogens is 336 g/mol. The number of anilines is 1. The standard InChI is InChI=1S/C10H14N4O4S3/c11-8-9(14-3-4-19-10(14)12-8)21(17,18)13-7-1-5-20(15,16)6-2-7/h3-4,7,13H,1-2,5-6,11H2. The van der Waals surface area contributed by atoms with Crippen molar-refractivity contribution in [1.29, 1.82) is 0 Å². The van der Waals surface area contributed by atoms with E-state index in [1.807, 2.05) is 0 Å². The molecule has 0 aromatic carbocycles. The van der Waals surface area contributed by atoms with Crippen molar-refractivity contribution in [3.63, 3.8) is 0 Å². The van der Waals surface area contributed by atoms with E-state index in [0.717, 1.165) is 0 Å². The van der Waals surface area contributed by atoms with Gasteiger partial charge in [0.15, 0.2) is 15.8 Å². The maximum atomic E-state index is 12.5. The van der Waals surface area contributed by atoms with Crippen molar-refractivity contribution in [1.82, 2.24) is 14.1 Å². The van der Waals surface area contributed by atoms with Crippen LogP contribution >= 0.6 is 11.3 Å². The van der Waals surface area contributed by atoms with Crippen LogP contribution in [0.3, 0.4) is 0 Å². The van der Waals surface area contributed by atoms with Gasteiger partial charge in [-0.05, 0) is 12.8 Å². The van der Waals surface area contributed by atoms with Crippen molar-refractivity contribution in [2.75, 3.05) is 17.2 Å². The maximum absolute atomic E-state index is 12.5. The number of thiazole rings is 1. The Morgan fingerprint density at radius 1 is 1.38 bits per heavy atom. The van der Waals surface area contributed by atoms with E-state index in [0.29, 0.717) is 4.96 Å². The molecule has 2 aromatic rings. The summed E-state index contributed by atoms with van der Waals surface area (Å²) in [5.41, 5.74) is 5.69.